The lowest BCUT2D eigenvalue weighted by molar-refractivity contribution is -0.121. The first-order valence-electron chi connectivity index (χ1n) is 9.51. The molecule has 142 valence electrons. The molecule has 2 unspecified atom stereocenters. The average Bonchev–Trinajstić information content (AvgIpc) is 2.70. The van der Waals surface area contributed by atoms with Crippen LogP contribution in [0.15, 0.2) is 47.5 Å². The van der Waals surface area contributed by atoms with Crippen LogP contribution in [-0.2, 0) is 11.2 Å². The lowest BCUT2D eigenvalue weighted by atomic mass is 10.1. The van der Waals surface area contributed by atoms with Crippen LogP contribution in [0.1, 0.15) is 62.9 Å². The number of pyridine rings is 1. The molecule has 2 aromatic rings. The minimum atomic E-state index is -0.280. The van der Waals surface area contributed by atoms with Gasteiger partial charge in [0.2, 0.25) is 5.91 Å². The molecule has 2 rings (SSSR count). The van der Waals surface area contributed by atoms with Crippen molar-refractivity contribution in [2.45, 2.75) is 62.8 Å². The van der Waals surface area contributed by atoms with E-state index in [1.54, 1.807) is 0 Å². The summed E-state index contributed by atoms with van der Waals surface area (Å²) < 4.78 is 0. The molecule has 0 saturated heterocycles. The standard InChI is InChI=1S/C22H27N3OS/c1-4-6-12-19-14-13-18(15-23)22(25-19)27-20(5-2)21(26)24-16(3)17-10-8-7-9-11-17/h7-11,13-14,16,20H,4-6,12H2,1-3H3,(H,24,26). The molecule has 4 nitrogen and oxygen atoms in total. The second-order valence-electron chi connectivity index (χ2n) is 6.53. The maximum atomic E-state index is 12.8. The first-order valence-corrected chi connectivity index (χ1v) is 10.4. The van der Waals surface area contributed by atoms with Crippen molar-refractivity contribution >= 4 is 17.7 Å². The Morgan fingerprint density at radius 2 is 1.96 bits per heavy atom. The zero-order valence-electron chi connectivity index (χ0n) is 16.2. The lowest BCUT2D eigenvalue weighted by Gasteiger charge is -2.19. The quantitative estimate of drug-likeness (QED) is 0.618. The van der Waals surface area contributed by atoms with Crippen LogP contribution in [0.25, 0.3) is 0 Å². The van der Waals surface area contributed by atoms with Gasteiger partial charge < -0.3 is 5.32 Å². The van der Waals surface area contributed by atoms with Gasteiger partial charge in [0, 0.05) is 5.69 Å². The second-order valence-corrected chi connectivity index (χ2v) is 7.72. The molecule has 0 bridgehead atoms. The number of hydrogen-bond acceptors (Lipinski definition) is 4. The Balaban J connectivity index is 2.11. The third kappa shape index (κ3) is 6.11. The minimum Gasteiger partial charge on any atom is -0.349 e. The minimum absolute atomic E-state index is 0.0245. The molecule has 0 radical (unpaired) electrons. The van der Waals surface area contributed by atoms with Crippen LogP contribution in [0.4, 0.5) is 0 Å². The molecule has 0 aliphatic rings. The molecule has 1 aromatic heterocycles. The summed E-state index contributed by atoms with van der Waals surface area (Å²) >= 11 is 1.39. The normalized spacial score (nSPS) is 12.8. The molecular formula is C22H27N3OS. The summed E-state index contributed by atoms with van der Waals surface area (Å²) in [6.07, 6.45) is 3.73. The molecular weight excluding hydrogens is 354 g/mol. The highest BCUT2D eigenvalue weighted by Gasteiger charge is 2.22. The first kappa shape index (κ1) is 21.0. The van der Waals surface area contributed by atoms with Gasteiger partial charge in [-0.15, -0.1) is 0 Å². The predicted octanol–water partition coefficient (Wildman–Crippen LogP) is 5.04. The van der Waals surface area contributed by atoms with Crippen LogP contribution >= 0.6 is 11.8 Å². The Labute approximate surface area is 166 Å². The van der Waals surface area contributed by atoms with Crippen LogP contribution < -0.4 is 5.32 Å². The number of benzene rings is 1. The van der Waals surface area contributed by atoms with Crippen molar-refractivity contribution in [2.24, 2.45) is 0 Å². The van der Waals surface area contributed by atoms with Crippen molar-refractivity contribution in [3.63, 3.8) is 0 Å². The van der Waals surface area contributed by atoms with Gasteiger partial charge in [-0.05, 0) is 43.9 Å². The maximum Gasteiger partial charge on any atom is 0.234 e. The molecule has 27 heavy (non-hydrogen) atoms. The maximum absolute atomic E-state index is 12.8. The molecule has 1 heterocycles. The van der Waals surface area contributed by atoms with Gasteiger partial charge in [0.1, 0.15) is 11.1 Å². The van der Waals surface area contributed by atoms with Crippen molar-refractivity contribution in [3.8, 4) is 6.07 Å². The van der Waals surface area contributed by atoms with Gasteiger partial charge in [0.15, 0.2) is 0 Å². The van der Waals surface area contributed by atoms with E-state index in [0.29, 0.717) is 17.0 Å². The van der Waals surface area contributed by atoms with Crippen LogP contribution in [0.2, 0.25) is 0 Å². The lowest BCUT2D eigenvalue weighted by Crippen LogP contribution is -2.34. The summed E-state index contributed by atoms with van der Waals surface area (Å²) in [5, 5.41) is 12.9. The number of unbranched alkanes of at least 4 members (excludes halogenated alkanes) is 1. The fourth-order valence-electron chi connectivity index (χ4n) is 2.74. The largest absolute Gasteiger partial charge is 0.349 e. The number of thioether (sulfide) groups is 1. The number of nitrogens with zero attached hydrogens (tertiary/aromatic N) is 2. The molecule has 0 saturated carbocycles. The summed E-state index contributed by atoms with van der Waals surface area (Å²) in [4.78, 5) is 17.4. The van der Waals surface area contributed by atoms with E-state index < -0.39 is 0 Å². The molecule has 0 aliphatic heterocycles. The summed E-state index contributed by atoms with van der Waals surface area (Å²) in [5.74, 6) is -0.0245. The van der Waals surface area contributed by atoms with E-state index in [2.05, 4.69) is 23.3 Å². The van der Waals surface area contributed by atoms with Crippen LogP contribution in [0.3, 0.4) is 0 Å². The van der Waals surface area contributed by atoms with E-state index in [9.17, 15) is 10.1 Å². The molecule has 0 aliphatic carbocycles. The van der Waals surface area contributed by atoms with Gasteiger partial charge in [-0.1, -0.05) is 62.4 Å². The average molecular weight is 382 g/mol. The highest BCUT2D eigenvalue weighted by Crippen LogP contribution is 2.28. The third-order valence-corrected chi connectivity index (χ3v) is 5.77. The first-order chi connectivity index (χ1) is 13.1. The summed E-state index contributed by atoms with van der Waals surface area (Å²) in [5.41, 5.74) is 2.58. The number of nitrogens with one attached hydrogen (secondary N) is 1. The number of nitriles is 1. The summed E-state index contributed by atoms with van der Waals surface area (Å²) in [6, 6.07) is 15.8. The SMILES string of the molecule is CCCCc1ccc(C#N)c(SC(CC)C(=O)NC(C)c2ccccc2)n1. The number of aromatic nitrogens is 1. The number of carbonyl (C=O) groups is 1. The van der Waals surface area contributed by atoms with E-state index in [0.717, 1.165) is 30.5 Å². The number of carbonyl (C=O) groups excluding carboxylic acids is 1. The van der Waals surface area contributed by atoms with Crippen LogP contribution in [-0.4, -0.2) is 16.1 Å². The van der Waals surface area contributed by atoms with E-state index in [-0.39, 0.29) is 17.2 Å². The van der Waals surface area contributed by atoms with Crippen LogP contribution in [0, 0.1) is 11.3 Å². The van der Waals surface area contributed by atoms with Crippen LogP contribution in [0.5, 0.6) is 0 Å². The topological polar surface area (TPSA) is 65.8 Å². The summed E-state index contributed by atoms with van der Waals surface area (Å²) in [6.45, 7) is 6.11. The van der Waals surface area contributed by atoms with Gasteiger partial charge in [-0.3, -0.25) is 4.79 Å². The molecule has 5 heteroatoms. The number of aryl methyl sites for hydroxylation is 1. The number of rotatable bonds is 9. The fourth-order valence-corrected chi connectivity index (χ4v) is 3.76. The number of hydrogen-bond donors (Lipinski definition) is 1. The zero-order chi connectivity index (χ0) is 19.6. The highest BCUT2D eigenvalue weighted by atomic mass is 32.2. The second kappa shape index (κ2) is 10.7. The molecule has 2 atom stereocenters. The van der Waals surface area contributed by atoms with Gasteiger partial charge in [-0.25, -0.2) is 4.98 Å². The zero-order valence-corrected chi connectivity index (χ0v) is 17.1. The van der Waals surface area contributed by atoms with E-state index in [4.69, 9.17) is 0 Å². The molecule has 0 fully saturated rings. The van der Waals surface area contributed by atoms with Gasteiger partial charge >= 0.3 is 0 Å². The predicted molar refractivity (Wildman–Crippen MR) is 110 cm³/mol. The van der Waals surface area contributed by atoms with E-state index >= 15 is 0 Å². The van der Waals surface area contributed by atoms with Gasteiger partial charge in [0.25, 0.3) is 0 Å². The molecule has 0 spiro atoms. The Bertz CT molecular complexity index is 786. The van der Waals surface area contributed by atoms with E-state index in [1.165, 1.54) is 11.8 Å². The Hall–Kier alpha value is -2.32. The molecule has 1 N–H and O–H groups in total. The Morgan fingerprint density at radius 1 is 1.22 bits per heavy atom. The molecule has 1 amide bonds. The monoisotopic (exact) mass is 381 g/mol. The summed E-state index contributed by atoms with van der Waals surface area (Å²) in [7, 11) is 0. The fraction of sp³-hybridized carbons (Fsp3) is 0.409. The van der Waals surface area contributed by atoms with Crippen molar-refractivity contribution in [3.05, 3.63) is 59.3 Å². The van der Waals surface area contributed by atoms with Crippen molar-refractivity contribution in [2.75, 3.05) is 0 Å². The van der Waals surface area contributed by atoms with Gasteiger partial charge in [0.05, 0.1) is 16.9 Å². The van der Waals surface area contributed by atoms with Crippen molar-refractivity contribution in [1.29, 1.82) is 5.26 Å². The molecule has 1 aromatic carbocycles. The third-order valence-electron chi connectivity index (χ3n) is 4.40. The smallest absolute Gasteiger partial charge is 0.234 e. The van der Waals surface area contributed by atoms with Gasteiger partial charge in [-0.2, -0.15) is 5.26 Å². The van der Waals surface area contributed by atoms with Crippen molar-refractivity contribution in [1.82, 2.24) is 10.3 Å². The van der Waals surface area contributed by atoms with Crippen molar-refractivity contribution < 1.29 is 4.79 Å². The Kier molecular flexibility index (Phi) is 8.35. The Morgan fingerprint density at radius 3 is 2.59 bits per heavy atom. The number of amides is 1. The van der Waals surface area contributed by atoms with E-state index in [1.807, 2.05) is 56.3 Å². The highest BCUT2D eigenvalue weighted by molar-refractivity contribution is 8.00.